The number of fused-ring (bicyclic) bond motifs is 1. The number of aromatic amines is 1. The zero-order chi connectivity index (χ0) is 19.9. The lowest BCUT2D eigenvalue weighted by Crippen LogP contribution is -2.42. The Hall–Kier alpha value is -2.51. The Labute approximate surface area is 164 Å². The minimum Gasteiger partial charge on any atom is -0.294 e. The highest BCUT2D eigenvalue weighted by Crippen LogP contribution is 2.29. The van der Waals surface area contributed by atoms with Crippen LogP contribution in [0.3, 0.4) is 0 Å². The van der Waals surface area contributed by atoms with Gasteiger partial charge in [-0.1, -0.05) is 36.4 Å². The fourth-order valence-electron chi connectivity index (χ4n) is 4.00. The van der Waals surface area contributed by atoms with Gasteiger partial charge in [0.2, 0.25) is 10.0 Å². The third kappa shape index (κ3) is 3.25. The fourth-order valence-corrected chi connectivity index (χ4v) is 5.86. The topological polar surface area (TPSA) is 83.1 Å². The van der Waals surface area contributed by atoms with Gasteiger partial charge in [-0.3, -0.25) is 9.89 Å². The monoisotopic (exact) mass is 397 g/mol. The first-order valence-electron chi connectivity index (χ1n) is 9.42. The highest BCUT2D eigenvalue weighted by molar-refractivity contribution is 7.89. The van der Waals surface area contributed by atoms with Crippen molar-refractivity contribution in [3.8, 4) is 0 Å². The van der Waals surface area contributed by atoms with E-state index in [1.165, 1.54) is 4.31 Å². The van der Waals surface area contributed by atoms with Crippen LogP contribution in [0.25, 0.3) is 10.8 Å². The summed E-state index contributed by atoms with van der Waals surface area (Å²) in [6.45, 7) is 4.01. The molecule has 0 radical (unpaired) electrons. The average molecular weight is 398 g/mol. The number of nitrogens with zero attached hydrogens (tertiary/aromatic N) is 2. The third-order valence-corrected chi connectivity index (χ3v) is 7.58. The number of aryl methyl sites for hydroxylation is 2. The number of hydrogen-bond donors (Lipinski definition) is 1. The molecule has 1 aromatic heterocycles. The number of rotatable bonds is 4. The van der Waals surface area contributed by atoms with E-state index in [2.05, 4.69) is 10.2 Å². The lowest BCUT2D eigenvalue weighted by Gasteiger charge is -2.31. The minimum atomic E-state index is -3.68. The molecule has 0 bridgehead atoms. The SMILES string of the molecule is Cc1n[nH]c(C)c1S(=O)(=O)N1CCC[C@H](C(=O)c2ccc3ccccc3c2)C1. The van der Waals surface area contributed by atoms with Gasteiger partial charge in [-0.2, -0.15) is 9.40 Å². The fraction of sp³-hybridized carbons (Fsp3) is 0.333. The van der Waals surface area contributed by atoms with E-state index < -0.39 is 10.0 Å². The maximum absolute atomic E-state index is 13.1. The van der Waals surface area contributed by atoms with Crippen molar-refractivity contribution in [3.63, 3.8) is 0 Å². The van der Waals surface area contributed by atoms with E-state index in [4.69, 9.17) is 0 Å². The third-order valence-electron chi connectivity index (χ3n) is 5.45. The van der Waals surface area contributed by atoms with Crippen molar-refractivity contribution in [1.29, 1.82) is 0 Å². The Morgan fingerprint density at radius 1 is 1.14 bits per heavy atom. The molecule has 7 heteroatoms. The van der Waals surface area contributed by atoms with Crippen LogP contribution in [-0.4, -0.2) is 41.8 Å². The van der Waals surface area contributed by atoms with Crippen molar-refractivity contribution < 1.29 is 13.2 Å². The normalized spacial score (nSPS) is 18.4. The highest BCUT2D eigenvalue weighted by Gasteiger charge is 2.36. The Morgan fingerprint density at radius 2 is 1.89 bits per heavy atom. The zero-order valence-electron chi connectivity index (χ0n) is 16.0. The average Bonchev–Trinajstić information content (AvgIpc) is 3.06. The van der Waals surface area contributed by atoms with Gasteiger partial charge in [0.05, 0.1) is 11.4 Å². The van der Waals surface area contributed by atoms with Gasteiger partial charge >= 0.3 is 0 Å². The summed E-state index contributed by atoms with van der Waals surface area (Å²) >= 11 is 0. The van der Waals surface area contributed by atoms with Crippen LogP contribution in [0.2, 0.25) is 0 Å². The van der Waals surface area contributed by atoms with E-state index >= 15 is 0 Å². The second-order valence-electron chi connectivity index (χ2n) is 7.39. The second kappa shape index (κ2) is 7.14. The molecule has 28 heavy (non-hydrogen) atoms. The highest BCUT2D eigenvalue weighted by atomic mass is 32.2. The molecule has 1 saturated heterocycles. The molecule has 4 rings (SSSR count). The zero-order valence-corrected chi connectivity index (χ0v) is 16.8. The molecule has 0 unspecified atom stereocenters. The van der Waals surface area contributed by atoms with Crippen LogP contribution in [-0.2, 0) is 10.0 Å². The molecule has 2 aromatic carbocycles. The maximum Gasteiger partial charge on any atom is 0.246 e. The number of carbonyl (C=O) groups excluding carboxylic acids is 1. The molecule has 1 N–H and O–H groups in total. The number of sulfonamides is 1. The summed E-state index contributed by atoms with van der Waals surface area (Å²) < 4.78 is 27.7. The van der Waals surface area contributed by atoms with E-state index in [1.54, 1.807) is 13.8 Å². The van der Waals surface area contributed by atoms with Gasteiger partial charge < -0.3 is 0 Å². The lowest BCUT2D eigenvalue weighted by atomic mass is 9.90. The first kappa shape index (κ1) is 18.8. The predicted molar refractivity (Wildman–Crippen MR) is 108 cm³/mol. The molecule has 1 atom stereocenters. The number of benzene rings is 2. The molecule has 3 aromatic rings. The van der Waals surface area contributed by atoms with E-state index in [9.17, 15) is 13.2 Å². The van der Waals surface area contributed by atoms with Crippen molar-refractivity contribution in [2.75, 3.05) is 13.1 Å². The largest absolute Gasteiger partial charge is 0.294 e. The Kier molecular flexibility index (Phi) is 4.81. The van der Waals surface area contributed by atoms with E-state index in [0.717, 1.165) is 10.8 Å². The molecular formula is C21H23N3O3S. The van der Waals surface area contributed by atoms with Gasteiger partial charge in [0.25, 0.3) is 0 Å². The number of piperidine rings is 1. The number of hydrogen-bond acceptors (Lipinski definition) is 4. The number of ketones is 1. The van der Waals surface area contributed by atoms with Crippen molar-refractivity contribution in [1.82, 2.24) is 14.5 Å². The molecule has 6 nitrogen and oxygen atoms in total. The van der Waals surface area contributed by atoms with E-state index in [1.807, 2.05) is 42.5 Å². The Balaban J connectivity index is 1.60. The van der Waals surface area contributed by atoms with Gasteiger partial charge in [-0.15, -0.1) is 0 Å². The molecule has 0 amide bonds. The molecule has 1 fully saturated rings. The van der Waals surface area contributed by atoms with Crippen LogP contribution in [0.5, 0.6) is 0 Å². The van der Waals surface area contributed by atoms with Crippen LogP contribution in [0.1, 0.15) is 34.6 Å². The van der Waals surface area contributed by atoms with Crippen LogP contribution in [0.15, 0.2) is 47.4 Å². The second-order valence-corrected chi connectivity index (χ2v) is 9.27. The van der Waals surface area contributed by atoms with Gasteiger partial charge in [0.1, 0.15) is 4.90 Å². The summed E-state index contributed by atoms with van der Waals surface area (Å²) in [5.74, 6) is -0.330. The quantitative estimate of drug-likeness (QED) is 0.684. The number of H-pyrrole nitrogens is 1. The molecule has 1 aliphatic rings. The molecule has 1 aliphatic heterocycles. The van der Waals surface area contributed by atoms with Crippen LogP contribution in [0.4, 0.5) is 0 Å². The van der Waals surface area contributed by atoms with Crippen molar-refractivity contribution >= 4 is 26.6 Å². The number of Topliss-reactive ketones (excluding diaryl/α,β-unsaturated/α-hetero) is 1. The molecule has 2 heterocycles. The van der Waals surface area contributed by atoms with Crippen LogP contribution < -0.4 is 0 Å². The van der Waals surface area contributed by atoms with Gasteiger partial charge in [0, 0.05) is 24.6 Å². The van der Waals surface area contributed by atoms with Crippen molar-refractivity contribution in [3.05, 3.63) is 59.4 Å². The predicted octanol–water partition coefficient (Wildman–Crippen LogP) is 3.46. The first-order valence-corrected chi connectivity index (χ1v) is 10.9. The summed E-state index contributed by atoms with van der Waals surface area (Å²) in [6, 6.07) is 13.6. The summed E-state index contributed by atoms with van der Waals surface area (Å²) in [5.41, 5.74) is 1.62. The van der Waals surface area contributed by atoms with E-state index in [0.29, 0.717) is 36.3 Å². The smallest absolute Gasteiger partial charge is 0.246 e. The summed E-state index contributed by atoms with van der Waals surface area (Å²) in [7, 11) is -3.68. The lowest BCUT2D eigenvalue weighted by molar-refractivity contribution is 0.0872. The summed E-state index contributed by atoms with van der Waals surface area (Å²) in [5, 5.41) is 8.84. The minimum absolute atomic E-state index is 0.00582. The molecule has 146 valence electrons. The van der Waals surface area contributed by atoms with E-state index in [-0.39, 0.29) is 23.1 Å². The van der Waals surface area contributed by atoms with Gasteiger partial charge in [0.15, 0.2) is 5.78 Å². The summed E-state index contributed by atoms with van der Waals surface area (Å²) in [4.78, 5) is 13.3. The number of aromatic nitrogens is 2. The number of nitrogens with one attached hydrogen (secondary N) is 1. The molecule has 0 saturated carbocycles. The van der Waals surface area contributed by atoms with Gasteiger partial charge in [-0.05, 0) is 43.5 Å². The first-order chi connectivity index (χ1) is 13.4. The van der Waals surface area contributed by atoms with Crippen LogP contribution in [0, 0.1) is 19.8 Å². The van der Waals surface area contributed by atoms with Crippen molar-refractivity contribution in [2.24, 2.45) is 5.92 Å². The number of carbonyl (C=O) groups is 1. The standard InChI is InChI=1S/C21H23N3O3S/c1-14-21(15(2)23-22-14)28(26,27)24-11-5-8-19(13-24)20(25)18-10-9-16-6-3-4-7-17(16)12-18/h3-4,6-7,9-10,12,19H,5,8,11,13H2,1-2H3,(H,22,23)/t19-/m0/s1. The Morgan fingerprint density at radius 3 is 2.61 bits per heavy atom. The van der Waals surface area contributed by atoms with Crippen molar-refractivity contribution in [2.45, 2.75) is 31.6 Å². The van der Waals surface area contributed by atoms with Gasteiger partial charge in [-0.25, -0.2) is 8.42 Å². The molecule has 0 aliphatic carbocycles. The van der Waals surface area contributed by atoms with Crippen LogP contribution >= 0.6 is 0 Å². The Bertz CT molecular complexity index is 1130. The molecular weight excluding hydrogens is 374 g/mol. The summed E-state index contributed by atoms with van der Waals surface area (Å²) in [6.07, 6.45) is 1.36. The maximum atomic E-state index is 13.1. The molecule has 0 spiro atoms.